The van der Waals surface area contributed by atoms with Gasteiger partial charge in [0.1, 0.15) is 5.75 Å². The second kappa shape index (κ2) is 6.40. The van der Waals surface area contributed by atoms with E-state index in [-0.39, 0.29) is 23.6 Å². The van der Waals surface area contributed by atoms with Crippen molar-refractivity contribution in [1.82, 2.24) is 0 Å². The highest BCUT2D eigenvalue weighted by Crippen LogP contribution is 2.31. The van der Waals surface area contributed by atoms with E-state index in [2.05, 4.69) is 5.32 Å². The lowest BCUT2D eigenvalue weighted by Gasteiger charge is -2.13. The summed E-state index contributed by atoms with van der Waals surface area (Å²) in [6.07, 6.45) is -0.266. The number of hydrogen-bond donors (Lipinski definition) is 2. The van der Waals surface area contributed by atoms with Gasteiger partial charge in [0, 0.05) is 24.2 Å². The maximum atomic E-state index is 11.7. The highest BCUT2D eigenvalue weighted by atomic mass is 16.5. The molecule has 0 saturated heterocycles. The van der Waals surface area contributed by atoms with E-state index in [0.717, 1.165) is 0 Å². The summed E-state index contributed by atoms with van der Waals surface area (Å²) in [5, 5.41) is 11.1. The summed E-state index contributed by atoms with van der Waals surface area (Å²) in [4.78, 5) is 22.8. The van der Waals surface area contributed by atoms with Crippen LogP contribution < -0.4 is 15.8 Å². The van der Waals surface area contributed by atoms with Crippen LogP contribution in [0.2, 0.25) is 0 Å². The normalized spacial score (nSPS) is 9.53. The first-order valence-corrected chi connectivity index (χ1v) is 5.73. The lowest BCUT2D eigenvalue weighted by atomic mass is 10.0. The zero-order valence-corrected chi connectivity index (χ0v) is 10.8. The summed E-state index contributed by atoms with van der Waals surface area (Å²) in [5.74, 6) is -0.289. The van der Waals surface area contributed by atoms with Gasteiger partial charge in [-0.25, -0.2) is 0 Å². The van der Waals surface area contributed by atoms with Crippen LogP contribution in [0, 0.1) is 11.3 Å². The third kappa shape index (κ3) is 3.71. The number of hydrogen-bond acceptors (Lipinski definition) is 5. The van der Waals surface area contributed by atoms with Gasteiger partial charge in [0.05, 0.1) is 24.8 Å². The number of carbonyl (C=O) groups excluding carboxylic acids is 2. The standard InChI is InChI=1S/C13H15N3O3/c1-3-19-13-7-10(15)9(12(18)4-5-14)6-11(13)16-8(2)17/h6-7H,3-4,15H2,1-2H3,(H,16,17). The number of anilines is 2. The quantitative estimate of drug-likeness (QED) is 0.620. The number of amides is 1. The summed E-state index contributed by atoms with van der Waals surface area (Å²) < 4.78 is 5.34. The molecule has 19 heavy (non-hydrogen) atoms. The molecule has 0 aliphatic heterocycles. The number of nitrogens with two attached hydrogens (primary N) is 1. The summed E-state index contributed by atoms with van der Waals surface area (Å²) in [6.45, 7) is 3.54. The molecular formula is C13H15N3O3. The molecule has 0 aliphatic carbocycles. The molecule has 1 amide bonds. The van der Waals surface area contributed by atoms with E-state index in [4.69, 9.17) is 15.7 Å². The van der Waals surface area contributed by atoms with Crippen molar-refractivity contribution in [2.75, 3.05) is 17.7 Å². The van der Waals surface area contributed by atoms with E-state index in [1.54, 1.807) is 13.0 Å². The number of Topliss-reactive ketones (excluding diaryl/α,β-unsaturated/α-hetero) is 1. The average Bonchev–Trinajstić information content (AvgIpc) is 2.32. The Morgan fingerprint density at radius 1 is 1.47 bits per heavy atom. The Labute approximate surface area is 111 Å². The Bertz CT molecular complexity index is 547. The lowest BCUT2D eigenvalue weighted by molar-refractivity contribution is -0.114. The van der Waals surface area contributed by atoms with E-state index in [1.165, 1.54) is 19.1 Å². The van der Waals surface area contributed by atoms with E-state index in [0.29, 0.717) is 18.0 Å². The van der Waals surface area contributed by atoms with Gasteiger partial charge in [-0.1, -0.05) is 0 Å². The molecule has 0 fully saturated rings. The van der Waals surface area contributed by atoms with Crippen LogP contribution in [0.1, 0.15) is 30.6 Å². The molecule has 0 bridgehead atoms. The fourth-order valence-corrected chi connectivity index (χ4v) is 1.57. The molecule has 1 aromatic rings. The highest BCUT2D eigenvalue weighted by Gasteiger charge is 2.15. The zero-order chi connectivity index (χ0) is 14.4. The number of rotatable bonds is 5. The van der Waals surface area contributed by atoms with Crippen LogP contribution in [-0.4, -0.2) is 18.3 Å². The molecule has 6 heteroatoms. The fourth-order valence-electron chi connectivity index (χ4n) is 1.57. The minimum Gasteiger partial charge on any atom is -0.492 e. The van der Waals surface area contributed by atoms with Crippen molar-refractivity contribution in [3.63, 3.8) is 0 Å². The van der Waals surface area contributed by atoms with Gasteiger partial charge in [0.15, 0.2) is 5.78 Å². The van der Waals surface area contributed by atoms with Crippen LogP contribution in [-0.2, 0) is 4.79 Å². The topological polar surface area (TPSA) is 105 Å². The van der Waals surface area contributed by atoms with E-state index >= 15 is 0 Å². The molecule has 6 nitrogen and oxygen atoms in total. The van der Waals surface area contributed by atoms with Gasteiger partial charge < -0.3 is 15.8 Å². The minimum absolute atomic E-state index is 0.203. The number of carbonyl (C=O) groups is 2. The fraction of sp³-hybridized carbons (Fsp3) is 0.308. The van der Waals surface area contributed by atoms with Gasteiger partial charge in [0.2, 0.25) is 5.91 Å². The Morgan fingerprint density at radius 3 is 2.68 bits per heavy atom. The van der Waals surface area contributed by atoms with Crippen molar-refractivity contribution in [2.24, 2.45) is 0 Å². The summed E-state index contributed by atoms with van der Waals surface area (Å²) >= 11 is 0. The van der Waals surface area contributed by atoms with Crippen molar-refractivity contribution in [3.05, 3.63) is 17.7 Å². The summed E-state index contributed by atoms with van der Waals surface area (Å²) in [6, 6.07) is 4.67. The number of ether oxygens (including phenoxy) is 1. The molecule has 3 N–H and O–H groups in total. The first-order valence-electron chi connectivity index (χ1n) is 5.73. The van der Waals surface area contributed by atoms with Gasteiger partial charge in [-0.15, -0.1) is 0 Å². The largest absolute Gasteiger partial charge is 0.492 e. The first kappa shape index (κ1) is 14.5. The number of nitriles is 1. The minimum atomic E-state index is -0.394. The van der Waals surface area contributed by atoms with Gasteiger partial charge in [-0.2, -0.15) is 5.26 Å². The molecule has 0 spiro atoms. The van der Waals surface area contributed by atoms with Crippen LogP contribution in [0.5, 0.6) is 5.75 Å². The zero-order valence-electron chi connectivity index (χ0n) is 10.8. The molecule has 0 aliphatic rings. The van der Waals surface area contributed by atoms with Crippen LogP contribution in [0.3, 0.4) is 0 Å². The average molecular weight is 261 g/mol. The second-order valence-corrected chi connectivity index (χ2v) is 3.81. The molecule has 0 unspecified atom stereocenters. The number of nitrogens with zero attached hydrogens (tertiary/aromatic N) is 1. The molecule has 0 atom stereocenters. The van der Waals surface area contributed by atoms with Crippen LogP contribution in [0.15, 0.2) is 12.1 Å². The van der Waals surface area contributed by atoms with Crippen molar-refractivity contribution in [1.29, 1.82) is 5.26 Å². The Kier molecular flexibility index (Phi) is 4.89. The van der Waals surface area contributed by atoms with Crippen molar-refractivity contribution in [3.8, 4) is 11.8 Å². The van der Waals surface area contributed by atoms with Gasteiger partial charge >= 0.3 is 0 Å². The van der Waals surface area contributed by atoms with E-state index in [9.17, 15) is 9.59 Å². The third-order valence-electron chi connectivity index (χ3n) is 2.30. The molecule has 100 valence electrons. The van der Waals surface area contributed by atoms with E-state index < -0.39 is 5.78 Å². The second-order valence-electron chi connectivity index (χ2n) is 3.81. The van der Waals surface area contributed by atoms with Crippen molar-refractivity contribution >= 4 is 23.1 Å². The van der Waals surface area contributed by atoms with Gasteiger partial charge in [-0.05, 0) is 13.0 Å². The summed E-state index contributed by atoms with van der Waals surface area (Å²) in [7, 11) is 0. The molecule has 0 heterocycles. The molecular weight excluding hydrogens is 246 g/mol. The molecule has 0 radical (unpaired) electrons. The SMILES string of the molecule is CCOc1cc(N)c(C(=O)CC#N)cc1NC(C)=O. The van der Waals surface area contributed by atoms with Gasteiger partial charge in [-0.3, -0.25) is 9.59 Å². The van der Waals surface area contributed by atoms with Crippen LogP contribution in [0.25, 0.3) is 0 Å². The predicted molar refractivity (Wildman–Crippen MR) is 70.9 cm³/mol. The molecule has 0 aromatic heterocycles. The maximum absolute atomic E-state index is 11.7. The molecule has 1 aromatic carbocycles. The highest BCUT2D eigenvalue weighted by molar-refractivity contribution is 6.04. The Hall–Kier alpha value is -2.55. The number of nitrogens with one attached hydrogen (secondary N) is 1. The lowest BCUT2D eigenvalue weighted by Crippen LogP contribution is -2.11. The van der Waals surface area contributed by atoms with Crippen molar-refractivity contribution < 1.29 is 14.3 Å². The van der Waals surface area contributed by atoms with E-state index in [1.807, 2.05) is 0 Å². The smallest absolute Gasteiger partial charge is 0.221 e. The van der Waals surface area contributed by atoms with Crippen molar-refractivity contribution in [2.45, 2.75) is 20.3 Å². The monoisotopic (exact) mass is 261 g/mol. The van der Waals surface area contributed by atoms with Crippen LogP contribution >= 0.6 is 0 Å². The van der Waals surface area contributed by atoms with Crippen LogP contribution in [0.4, 0.5) is 11.4 Å². The predicted octanol–water partition coefficient (Wildman–Crippen LogP) is 1.72. The first-order chi connectivity index (χ1) is 8.99. The Morgan fingerprint density at radius 2 is 2.16 bits per heavy atom. The molecule has 1 rings (SSSR count). The van der Waals surface area contributed by atoms with Gasteiger partial charge in [0.25, 0.3) is 0 Å². The Balaban J connectivity index is 3.25. The molecule has 0 saturated carbocycles. The maximum Gasteiger partial charge on any atom is 0.221 e. The number of nitrogen functional groups attached to an aromatic ring is 1. The third-order valence-corrected chi connectivity index (χ3v) is 2.30. The number of benzene rings is 1. The summed E-state index contributed by atoms with van der Waals surface area (Å²) in [5.41, 5.74) is 6.55. The number of ketones is 1.